The molecule has 2 atom stereocenters. The van der Waals surface area contributed by atoms with Crippen LogP contribution in [-0.2, 0) is 14.3 Å². The van der Waals surface area contributed by atoms with Crippen LogP contribution < -0.4 is 5.32 Å². The lowest BCUT2D eigenvalue weighted by atomic mass is 9.98. The second-order valence-corrected chi connectivity index (χ2v) is 4.52. The van der Waals surface area contributed by atoms with Crippen LogP contribution in [0.1, 0.15) is 40.5 Å². The molecule has 1 amide bonds. The number of methoxy groups -OCH3 is 1. The fourth-order valence-electron chi connectivity index (χ4n) is 1.60. The summed E-state index contributed by atoms with van der Waals surface area (Å²) in [6.45, 7) is 7.86. The minimum absolute atomic E-state index is 0.0706. The van der Waals surface area contributed by atoms with Crippen LogP contribution in [0.5, 0.6) is 0 Å². The Morgan fingerprint density at radius 2 is 1.81 bits per heavy atom. The summed E-state index contributed by atoms with van der Waals surface area (Å²) in [6, 6.07) is -0.521. The first-order valence-corrected chi connectivity index (χ1v) is 5.80. The van der Waals surface area contributed by atoms with Crippen molar-refractivity contribution in [2.45, 2.75) is 46.6 Å². The molecule has 0 aliphatic heterocycles. The lowest BCUT2D eigenvalue weighted by Gasteiger charge is -2.18. The summed E-state index contributed by atoms with van der Waals surface area (Å²) in [4.78, 5) is 23.0. The summed E-state index contributed by atoms with van der Waals surface area (Å²) in [5.41, 5.74) is 0. The predicted octanol–water partition coefficient (Wildman–Crippen LogP) is 1.74. The van der Waals surface area contributed by atoms with E-state index in [1.54, 1.807) is 0 Å². The van der Waals surface area contributed by atoms with Gasteiger partial charge in [-0.1, -0.05) is 27.7 Å². The van der Waals surface area contributed by atoms with Crippen molar-refractivity contribution < 1.29 is 14.3 Å². The molecule has 0 aliphatic carbocycles. The van der Waals surface area contributed by atoms with Crippen LogP contribution in [-0.4, -0.2) is 25.0 Å². The zero-order chi connectivity index (χ0) is 12.7. The van der Waals surface area contributed by atoms with Crippen molar-refractivity contribution in [1.82, 2.24) is 5.32 Å². The van der Waals surface area contributed by atoms with E-state index in [4.69, 9.17) is 0 Å². The van der Waals surface area contributed by atoms with Gasteiger partial charge >= 0.3 is 5.97 Å². The van der Waals surface area contributed by atoms with Gasteiger partial charge in [0.05, 0.1) is 7.11 Å². The maximum Gasteiger partial charge on any atom is 0.328 e. The van der Waals surface area contributed by atoms with E-state index in [0.717, 1.165) is 6.42 Å². The van der Waals surface area contributed by atoms with Crippen molar-refractivity contribution in [3.63, 3.8) is 0 Å². The van der Waals surface area contributed by atoms with Gasteiger partial charge in [-0.3, -0.25) is 4.79 Å². The average molecular weight is 229 g/mol. The highest BCUT2D eigenvalue weighted by atomic mass is 16.5. The molecule has 4 heteroatoms. The highest BCUT2D eigenvalue weighted by Crippen LogP contribution is 2.11. The molecule has 0 saturated carbocycles. The largest absolute Gasteiger partial charge is 0.467 e. The number of nitrogens with one attached hydrogen (secondary N) is 1. The summed E-state index contributed by atoms with van der Waals surface area (Å²) in [5.74, 6) is -0.0591. The molecule has 0 spiro atoms. The Bertz CT molecular complexity index is 238. The third kappa shape index (κ3) is 5.14. The van der Waals surface area contributed by atoms with E-state index in [1.165, 1.54) is 7.11 Å². The van der Waals surface area contributed by atoms with E-state index in [0.29, 0.717) is 12.3 Å². The van der Waals surface area contributed by atoms with Gasteiger partial charge in [0.15, 0.2) is 0 Å². The Morgan fingerprint density at radius 3 is 2.19 bits per heavy atom. The Hall–Kier alpha value is -1.06. The third-order valence-corrected chi connectivity index (χ3v) is 2.48. The quantitative estimate of drug-likeness (QED) is 0.706. The summed E-state index contributed by atoms with van der Waals surface area (Å²) in [6.07, 6.45) is 1.37. The number of carbonyl (C=O) groups excluding carboxylic acids is 2. The van der Waals surface area contributed by atoms with Crippen LogP contribution in [0.25, 0.3) is 0 Å². The monoisotopic (exact) mass is 229 g/mol. The van der Waals surface area contributed by atoms with Gasteiger partial charge in [0.25, 0.3) is 0 Å². The molecule has 0 aliphatic rings. The zero-order valence-electron chi connectivity index (χ0n) is 10.9. The molecule has 94 valence electrons. The Morgan fingerprint density at radius 1 is 1.25 bits per heavy atom. The molecule has 1 N–H and O–H groups in total. The zero-order valence-corrected chi connectivity index (χ0v) is 10.9. The molecule has 0 aromatic heterocycles. The van der Waals surface area contributed by atoms with Crippen molar-refractivity contribution in [1.29, 1.82) is 0 Å². The first kappa shape index (κ1) is 14.9. The number of hydrogen-bond donors (Lipinski definition) is 1. The summed E-state index contributed by atoms with van der Waals surface area (Å²) in [5, 5.41) is 2.71. The van der Waals surface area contributed by atoms with Crippen LogP contribution in [0.4, 0.5) is 0 Å². The minimum atomic E-state index is -0.521. The van der Waals surface area contributed by atoms with Gasteiger partial charge in [0.1, 0.15) is 6.04 Å². The number of rotatable bonds is 6. The average Bonchev–Trinajstić information content (AvgIpc) is 2.23. The van der Waals surface area contributed by atoms with E-state index in [1.807, 2.05) is 13.8 Å². The first-order valence-electron chi connectivity index (χ1n) is 5.80. The van der Waals surface area contributed by atoms with E-state index >= 15 is 0 Å². The van der Waals surface area contributed by atoms with Crippen molar-refractivity contribution in [3.8, 4) is 0 Å². The van der Waals surface area contributed by atoms with E-state index in [2.05, 4.69) is 23.9 Å². The molecule has 0 heterocycles. The number of esters is 1. The van der Waals surface area contributed by atoms with Gasteiger partial charge in [0.2, 0.25) is 5.91 Å². The summed E-state index contributed by atoms with van der Waals surface area (Å²) < 4.78 is 4.61. The fraction of sp³-hybridized carbons (Fsp3) is 0.833. The molecule has 0 saturated heterocycles. The maximum absolute atomic E-state index is 11.7. The second kappa shape index (κ2) is 7.25. The van der Waals surface area contributed by atoms with Crippen molar-refractivity contribution in [2.75, 3.05) is 7.11 Å². The Labute approximate surface area is 97.7 Å². The molecule has 0 radical (unpaired) electrons. The van der Waals surface area contributed by atoms with Gasteiger partial charge in [0, 0.05) is 5.92 Å². The topological polar surface area (TPSA) is 55.4 Å². The summed E-state index contributed by atoms with van der Waals surface area (Å²) >= 11 is 0. The number of amides is 1. The van der Waals surface area contributed by atoms with Crippen LogP contribution in [0.2, 0.25) is 0 Å². The van der Waals surface area contributed by atoms with E-state index < -0.39 is 6.04 Å². The number of ether oxygens (including phenoxy) is 1. The smallest absolute Gasteiger partial charge is 0.328 e. The van der Waals surface area contributed by atoms with Crippen molar-refractivity contribution in [3.05, 3.63) is 0 Å². The molecular formula is C12H23NO3. The molecular weight excluding hydrogens is 206 g/mol. The molecule has 16 heavy (non-hydrogen) atoms. The highest BCUT2D eigenvalue weighted by Gasteiger charge is 2.22. The second-order valence-electron chi connectivity index (χ2n) is 4.52. The Kier molecular flexibility index (Phi) is 6.77. The van der Waals surface area contributed by atoms with Crippen LogP contribution in [0.3, 0.4) is 0 Å². The van der Waals surface area contributed by atoms with Gasteiger partial charge in [-0.25, -0.2) is 4.79 Å². The van der Waals surface area contributed by atoms with E-state index in [9.17, 15) is 9.59 Å². The van der Waals surface area contributed by atoms with Crippen molar-refractivity contribution >= 4 is 11.9 Å². The molecule has 0 bridgehead atoms. The SMILES string of the molecule is CCC(NC(=O)[C@@H](C)CC(C)C)C(=O)OC. The van der Waals surface area contributed by atoms with Crippen LogP contribution >= 0.6 is 0 Å². The normalized spacial score (nSPS) is 14.4. The number of hydrogen-bond acceptors (Lipinski definition) is 3. The highest BCUT2D eigenvalue weighted by molar-refractivity contribution is 5.85. The molecule has 0 rings (SSSR count). The van der Waals surface area contributed by atoms with Crippen LogP contribution in [0.15, 0.2) is 0 Å². The van der Waals surface area contributed by atoms with Crippen LogP contribution in [0, 0.1) is 11.8 Å². The molecule has 1 unspecified atom stereocenters. The molecule has 0 aromatic carbocycles. The Balaban J connectivity index is 4.24. The molecule has 0 fully saturated rings. The van der Waals surface area contributed by atoms with Gasteiger partial charge in [-0.05, 0) is 18.8 Å². The van der Waals surface area contributed by atoms with Crippen molar-refractivity contribution in [2.24, 2.45) is 11.8 Å². The number of carbonyl (C=O) groups is 2. The molecule has 0 aromatic rings. The van der Waals surface area contributed by atoms with Gasteiger partial charge < -0.3 is 10.1 Å². The lowest BCUT2D eigenvalue weighted by molar-refractivity contribution is -0.145. The predicted molar refractivity (Wildman–Crippen MR) is 62.9 cm³/mol. The van der Waals surface area contributed by atoms with Gasteiger partial charge in [-0.15, -0.1) is 0 Å². The fourth-order valence-corrected chi connectivity index (χ4v) is 1.60. The third-order valence-electron chi connectivity index (χ3n) is 2.48. The minimum Gasteiger partial charge on any atom is -0.467 e. The lowest BCUT2D eigenvalue weighted by Crippen LogP contribution is -2.43. The standard InChI is InChI=1S/C12H23NO3/c1-6-10(12(15)16-5)13-11(14)9(4)7-8(2)3/h8-10H,6-7H2,1-5H3,(H,13,14)/t9-,10?/m0/s1. The maximum atomic E-state index is 11.7. The summed E-state index contributed by atoms with van der Waals surface area (Å²) in [7, 11) is 1.33. The van der Waals surface area contributed by atoms with E-state index in [-0.39, 0.29) is 17.8 Å². The molecule has 4 nitrogen and oxygen atoms in total. The first-order chi connectivity index (χ1) is 7.42. The van der Waals surface area contributed by atoms with Gasteiger partial charge in [-0.2, -0.15) is 0 Å².